The first-order chi connectivity index (χ1) is 9.51. The van der Waals surface area contributed by atoms with Crippen LogP contribution in [0.5, 0.6) is 0 Å². The Labute approximate surface area is 126 Å². The Bertz CT molecular complexity index is 396. The predicted octanol–water partition coefficient (Wildman–Crippen LogP) is 2.73. The van der Waals surface area contributed by atoms with Gasteiger partial charge in [0.15, 0.2) is 0 Å². The molecule has 0 saturated carbocycles. The van der Waals surface area contributed by atoms with Gasteiger partial charge in [-0.25, -0.2) is 4.79 Å². The number of amides is 1. The molecule has 0 aliphatic carbocycles. The lowest BCUT2D eigenvalue weighted by atomic mass is 10.1. The minimum absolute atomic E-state index is 0.174. The number of alkyl carbamates (subject to hydrolysis) is 1. The molecule has 0 aromatic rings. The Balaban J connectivity index is 4.14. The van der Waals surface area contributed by atoms with Crippen molar-refractivity contribution in [1.82, 2.24) is 5.32 Å². The van der Waals surface area contributed by atoms with E-state index >= 15 is 0 Å². The average Bonchev–Trinajstić information content (AvgIpc) is 2.33. The van der Waals surface area contributed by atoms with E-state index in [1.165, 1.54) is 14.2 Å². The van der Waals surface area contributed by atoms with Crippen molar-refractivity contribution < 1.29 is 27.9 Å². The van der Waals surface area contributed by atoms with Gasteiger partial charge in [0, 0.05) is 26.7 Å². The molecule has 7 nitrogen and oxygen atoms in total. The summed E-state index contributed by atoms with van der Waals surface area (Å²) in [6.45, 7) is 7.08. The van der Waals surface area contributed by atoms with E-state index in [-0.39, 0.29) is 24.4 Å². The summed E-state index contributed by atoms with van der Waals surface area (Å²) in [5.74, 6) is -0.236. The van der Waals surface area contributed by atoms with Gasteiger partial charge in [0.1, 0.15) is 17.5 Å². The van der Waals surface area contributed by atoms with Crippen LogP contribution in [0.25, 0.3) is 0 Å². The van der Waals surface area contributed by atoms with Crippen LogP contribution in [0.1, 0.15) is 40.5 Å². The van der Waals surface area contributed by atoms with Gasteiger partial charge in [-0.05, 0) is 34.1 Å². The van der Waals surface area contributed by atoms with Gasteiger partial charge in [0.2, 0.25) is 0 Å². The molecule has 0 aromatic carbocycles. The molecule has 0 bridgehead atoms. The lowest BCUT2D eigenvalue weighted by Gasteiger charge is -2.22. The van der Waals surface area contributed by atoms with E-state index in [0.717, 1.165) is 0 Å². The zero-order chi connectivity index (χ0) is 16.7. The standard InChI is InChI=1S/C13H26NO6P/c1-10(14-12(16)20-13(2,3)4)7-8-11(15)9-21(17,18-5)19-6/h10H,7-9H2,1-6H3,(H,14,16). The lowest BCUT2D eigenvalue weighted by molar-refractivity contribution is -0.117. The number of Topliss-reactive ketones (excluding diaryl/α,β-unsaturated/α-hetero) is 1. The van der Waals surface area contributed by atoms with Crippen LogP contribution >= 0.6 is 7.60 Å². The predicted molar refractivity (Wildman–Crippen MR) is 79.6 cm³/mol. The van der Waals surface area contributed by atoms with Crippen molar-refractivity contribution in [2.45, 2.75) is 52.2 Å². The zero-order valence-corrected chi connectivity index (χ0v) is 14.5. The van der Waals surface area contributed by atoms with E-state index in [4.69, 9.17) is 13.8 Å². The van der Waals surface area contributed by atoms with Crippen LogP contribution in [0.3, 0.4) is 0 Å². The highest BCUT2D eigenvalue weighted by molar-refractivity contribution is 7.54. The topological polar surface area (TPSA) is 90.9 Å². The number of carbonyl (C=O) groups is 2. The first kappa shape index (κ1) is 20.1. The highest BCUT2D eigenvalue weighted by Crippen LogP contribution is 2.46. The van der Waals surface area contributed by atoms with E-state index in [0.29, 0.717) is 6.42 Å². The first-order valence-corrected chi connectivity index (χ1v) is 8.46. The molecule has 0 heterocycles. The van der Waals surface area contributed by atoms with E-state index in [2.05, 4.69) is 5.32 Å². The third-order valence-corrected chi connectivity index (χ3v) is 4.40. The van der Waals surface area contributed by atoms with E-state index < -0.39 is 19.3 Å². The summed E-state index contributed by atoms with van der Waals surface area (Å²) in [6, 6.07) is -0.228. The minimum Gasteiger partial charge on any atom is -0.444 e. The maximum Gasteiger partial charge on any atom is 0.407 e. The van der Waals surface area contributed by atoms with Crippen molar-refractivity contribution in [2.24, 2.45) is 0 Å². The lowest BCUT2D eigenvalue weighted by Crippen LogP contribution is -2.37. The Morgan fingerprint density at radius 3 is 2.14 bits per heavy atom. The van der Waals surface area contributed by atoms with Gasteiger partial charge in [-0.3, -0.25) is 9.36 Å². The quantitative estimate of drug-likeness (QED) is 0.691. The van der Waals surface area contributed by atoms with E-state index in [1.807, 2.05) is 0 Å². The van der Waals surface area contributed by atoms with Crippen LogP contribution in [0.15, 0.2) is 0 Å². The van der Waals surface area contributed by atoms with Gasteiger partial charge in [-0.2, -0.15) is 0 Å². The second kappa shape index (κ2) is 8.51. The fraction of sp³-hybridized carbons (Fsp3) is 0.846. The summed E-state index contributed by atoms with van der Waals surface area (Å²) in [6.07, 6.45) is -0.194. The molecule has 21 heavy (non-hydrogen) atoms. The third kappa shape index (κ3) is 9.61. The van der Waals surface area contributed by atoms with Crippen molar-refractivity contribution in [3.63, 3.8) is 0 Å². The highest BCUT2D eigenvalue weighted by atomic mass is 31.2. The Morgan fingerprint density at radius 1 is 1.19 bits per heavy atom. The molecule has 0 aliphatic rings. The van der Waals surface area contributed by atoms with Crippen molar-refractivity contribution in [3.05, 3.63) is 0 Å². The second-order valence-corrected chi connectivity index (χ2v) is 8.03. The van der Waals surface area contributed by atoms with Crippen LogP contribution in [0, 0.1) is 0 Å². The minimum atomic E-state index is -3.31. The normalized spacial score (nSPS) is 13.6. The number of rotatable bonds is 8. The fourth-order valence-corrected chi connectivity index (χ4v) is 2.45. The first-order valence-electron chi connectivity index (χ1n) is 6.73. The molecule has 0 rings (SSSR count). The van der Waals surface area contributed by atoms with Crippen LogP contribution in [-0.4, -0.2) is 43.9 Å². The van der Waals surface area contributed by atoms with Gasteiger partial charge < -0.3 is 19.1 Å². The molecule has 0 saturated heterocycles. The number of ether oxygens (including phenoxy) is 1. The maximum absolute atomic E-state index is 11.8. The SMILES string of the molecule is COP(=O)(CC(=O)CCC(C)NC(=O)OC(C)(C)C)OC. The van der Waals surface area contributed by atoms with Crippen LogP contribution in [-0.2, 0) is 23.1 Å². The summed E-state index contributed by atoms with van der Waals surface area (Å²) in [4.78, 5) is 23.3. The molecule has 8 heteroatoms. The molecule has 1 unspecified atom stereocenters. The summed E-state index contributed by atoms with van der Waals surface area (Å²) in [7, 11) is -0.834. The van der Waals surface area contributed by atoms with Gasteiger partial charge in [-0.1, -0.05) is 0 Å². The Hall–Kier alpha value is -0.910. The number of nitrogens with one attached hydrogen (secondary N) is 1. The zero-order valence-electron chi connectivity index (χ0n) is 13.6. The van der Waals surface area contributed by atoms with Gasteiger partial charge in [-0.15, -0.1) is 0 Å². The van der Waals surface area contributed by atoms with Crippen LogP contribution in [0.2, 0.25) is 0 Å². The largest absolute Gasteiger partial charge is 0.444 e. The number of ketones is 1. The maximum atomic E-state index is 11.8. The van der Waals surface area contributed by atoms with Gasteiger partial charge in [0.25, 0.3) is 0 Å². The smallest absolute Gasteiger partial charge is 0.407 e. The molecule has 0 spiro atoms. The second-order valence-electron chi connectivity index (χ2n) is 5.76. The molecule has 0 aromatic heterocycles. The molecule has 124 valence electrons. The molecule has 1 N–H and O–H groups in total. The Morgan fingerprint density at radius 2 is 1.71 bits per heavy atom. The van der Waals surface area contributed by atoms with Crippen molar-refractivity contribution in [3.8, 4) is 0 Å². The fourth-order valence-electron chi connectivity index (χ4n) is 1.46. The average molecular weight is 323 g/mol. The number of hydrogen-bond donors (Lipinski definition) is 1. The van der Waals surface area contributed by atoms with E-state index in [9.17, 15) is 14.2 Å². The summed E-state index contributed by atoms with van der Waals surface area (Å²) < 4.78 is 26.3. The van der Waals surface area contributed by atoms with Crippen molar-refractivity contribution >= 4 is 19.5 Å². The van der Waals surface area contributed by atoms with Gasteiger partial charge in [0.05, 0.1) is 0 Å². The molecule has 1 amide bonds. The molecule has 1 atom stereocenters. The highest BCUT2D eigenvalue weighted by Gasteiger charge is 2.25. The van der Waals surface area contributed by atoms with Gasteiger partial charge >= 0.3 is 13.7 Å². The van der Waals surface area contributed by atoms with Crippen molar-refractivity contribution in [1.29, 1.82) is 0 Å². The van der Waals surface area contributed by atoms with Crippen LogP contribution < -0.4 is 5.32 Å². The number of hydrogen-bond acceptors (Lipinski definition) is 6. The van der Waals surface area contributed by atoms with Crippen LogP contribution in [0.4, 0.5) is 4.79 Å². The van der Waals surface area contributed by atoms with Crippen molar-refractivity contribution in [2.75, 3.05) is 20.4 Å². The Kier molecular flexibility index (Phi) is 8.14. The molecule has 0 radical (unpaired) electrons. The van der Waals surface area contributed by atoms with E-state index in [1.54, 1.807) is 27.7 Å². The number of carbonyl (C=O) groups excluding carboxylic acids is 2. The molecular formula is C13H26NO6P. The summed E-state index contributed by atoms with van der Waals surface area (Å²) in [5.41, 5.74) is -0.566. The molecule has 0 aliphatic heterocycles. The molecular weight excluding hydrogens is 297 g/mol. The monoisotopic (exact) mass is 323 g/mol. The summed E-state index contributed by atoms with van der Waals surface area (Å²) >= 11 is 0. The molecule has 0 fully saturated rings. The third-order valence-electron chi connectivity index (χ3n) is 2.55. The summed E-state index contributed by atoms with van der Waals surface area (Å²) in [5, 5.41) is 2.64.